The molecule has 0 unspecified atom stereocenters. The first kappa shape index (κ1) is 20.7. The lowest BCUT2D eigenvalue weighted by Gasteiger charge is -2.07. The van der Waals surface area contributed by atoms with Gasteiger partial charge in [-0.15, -0.1) is 0 Å². The number of hydrogen-bond acceptors (Lipinski definition) is 6. The molecule has 0 aliphatic carbocycles. The van der Waals surface area contributed by atoms with Crippen LogP contribution >= 0.6 is 11.6 Å². The topological polar surface area (TPSA) is 114 Å². The maximum absolute atomic E-state index is 12.4. The van der Waals surface area contributed by atoms with Gasteiger partial charge in [-0.05, 0) is 47.5 Å². The summed E-state index contributed by atoms with van der Waals surface area (Å²) in [5.41, 5.74) is 2.15. The molecule has 2 N–H and O–H groups in total. The van der Waals surface area contributed by atoms with E-state index in [0.29, 0.717) is 28.5 Å². The van der Waals surface area contributed by atoms with Crippen molar-refractivity contribution in [3.63, 3.8) is 0 Å². The molecule has 0 aliphatic rings. The third kappa shape index (κ3) is 5.14. The number of fused-ring (bicyclic) bond motifs is 1. The summed E-state index contributed by atoms with van der Waals surface area (Å²) in [6, 6.07) is 18.4. The maximum atomic E-state index is 12.4. The van der Waals surface area contributed by atoms with Crippen LogP contribution in [0.4, 0.5) is 0 Å². The number of aromatic nitrogens is 1. The molecule has 4 aromatic rings. The molecule has 0 aliphatic heterocycles. The van der Waals surface area contributed by atoms with Crippen LogP contribution in [0, 0.1) is 0 Å². The number of hydrazone groups is 1. The van der Waals surface area contributed by atoms with E-state index >= 15 is 0 Å². The van der Waals surface area contributed by atoms with E-state index in [1.165, 1.54) is 24.4 Å². The standard InChI is InChI=1S/C21H16ClN3O5S/c22-16-6-4-14(5-7-16)13-29-17-3-1-2-15(10-17)12-23-25-31(27,28)18-8-9-19-20(11-18)30-21(26)24-19/h1-12,25H,13H2,(H,24,26)/b23-12+. The summed E-state index contributed by atoms with van der Waals surface area (Å²) in [6.45, 7) is 0.363. The summed E-state index contributed by atoms with van der Waals surface area (Å²) in [4.78, 5) is 15.7. The molecule has 3 aromatic carbocycles. The summed E-state index contributed by atoms with van der Waals surface area (Å²) < 4.78 is 35.5. The molecule has 10 heteroatoms. The van der Waals surface area contributed by atoms with Gasteiger partial charge in [0.05, 0.1) is 16.6 Å². The van der Waals surface area contributed by atoms with E-state index in [1.807, 2.05) is 12.1 Å². The number of nitrogens with one attached hydrogen (secondary N) is 2. The van der Waals surface area contributed by atoms with Crippen molar-refractivity contribution in [3.8, 4) is 5.75 Å². The normalized spacial score (nSPS) is 11.8. The second kappa shape index (κ2) is 8.66. The minimum Gasteiger partial charge on any atom is -0.489 e. The number of hydrogen-bond donors (Lipinski definition) is 2. The molecule has 0 spiro atoms. The molecule has 0 saturated carbocycles. The van der Waals surface area contributed by atoms with Gasteiger partial charge in [-0.25, -0.2) is 9.63 Å². The minimum absolute atomic E-state index is 0.0834. The number of oxazole rings is 1. The quantitative estimate of drug-likeness (QED) is 0.324. The van der Waals surface area contributed by atoms with Gasteiger partial charge < -0.3 is 9.15 Å². The van der Waals surface area contributed by atoms with Crippen LogP contribution < -0.4 is 15.3 Å². The Balaban J connectivity index is 1.42. The molecule has 0 atom stereocenters. The number of ether oxygens (including phenoxy) is 1. The number of rotatable bonds is 7. The van der Waals surface area contributed by atoms with Crippen molar-refractivity contribution in [2.45, 2.75) is 11.5 Å². The first-order valence-corrected chi connectivity index (χ1v) is 10.9. The highest BCUT2D eigenvalue weighted by Gasteiger charge is 2.15. The van der Waals surface area contributed by atoms with Gasteiger partial charge >= 0.3 is 5.76 Å². The van der Waals surface area contributed by atoms with E-state index in [0.717, 1.165) is 5.56 Å². The summed E-state index contributed by atoms with van der Waals surface area (Å²) in [7, 11) is -3.94. The molecule has 0 radical (unpaired) electrons. The Bertz CT molecular complexity index is 1410. The molecular formula is C21H16ClN3O5S. The Hall–Kier alpha value is -3.56. The Morgan fingerprint density at radius 3 is 2.71 bits per heavy atom. The molecule has 158 valence electrons. The van der Waals surface area contributed by atoms with E-state index < -0.39 is 15.8 Å². The monoisotopic (exact) mass is 457 g/mol. The van der Waals surface area contributed by atoms with Crippen molar-refractivity contribution in [2.24, 2.45) is 5.10 Å². The Kier molecular flexibility index (Phi) is 5.79. The number of sulfonamides is 1. The number of benzene rings is 3. The molecule has 0 bridgehead atoms. The van der Waals surface area contributed by atoms with E-state index in [2.05, 4.69) is 14.9 Å². The van der Waals surface area contributed by atoms with Crippen LogP contribution in [0.25, 0.3) is 11.1 Å². The predicted molar refractivity (Wildman–Crippen MR) is 117 cm³/mol. The second-order valence-corrected chi connectivity index (χ2v) is 8.61. The maximum Gasteiger partial charge on any atom is 0.417 e. The molecule has 0 amide bonds. The highest BCUT2D eigenvalue weighted by atomic mass is 35.5. The zero-order valence-electron chi connectivity index (χ0n) is 15.9. The van der Waals surface area contributed by atoms with Gasteiger partial charge in [-0.3, -0.25) is 4.98 Å². The fraction of sp³-hybridized carbons (Fsp3) is 0.0476. The van der Waals surface area contributed by atoms with Crippen molar-refractivity contribution in [1.82, 2.24) is 9.82 Å². The van der Waals surface area contributed by atoms with Gasteiger partial charge in [-0.2, -0.15) is 13.5 Å². The van der Waals surface area contributed by atoms with Gasteiger partial charge in [0.15, 0.2) is 5.58 Å². The third-order valence-electron chi connectivity index (χ3n) is 4.27. The highest BCUT2D eigenvalue weighted by Crippen LogP contribution is 2.17. The van der Waals surface area contributed by atoms with Crippen LogP contribution in [0.15, 0.2) is 85.9 Å². The lowest BCUT2D eigenvalue weighted by Crippen LogP contribution is -2.18. The van der Waals surface area contributed by atoms with E-state index in [-0.39, 0.29) is 10.5 Å². The average molecular weight is 458 g/mol. The number of aromatic amines is 1. The van der Waals surface area contributed by atoms with Crippen LogP contribution in [-0.4, -0.2) is 19.6 Å². The first-order chi connectivity index (χ1) is 14.9. The SMILES string of the molecule is O=c1[nH]c2ccc(S(=O)(=O)N/N=C/c3cccc(OCc4ccc(Cl)cc4)c3)cc2o1. The van der Waals surface area contributed by atoms with Gasteiger partial charge in [0.1, 0.15) is 12.4 Å². The predicted octanol–water partition coefficient (Wildman–Crippen LogP) is 3.67. The minimum atomic E-state index is -3.94. The third-order valence-corrected chi connectivity index (χ3v) is 5.74. The fourth-order valence-electron chi connectivity index (χ4n) is 2.75. The van der Waals surface area contributed by atoms with Crippen molar-refractivity contribution in [3.05, 3.63) is 93.4 Å². The summed E-state index contributed by atoms with van der Waals surface area (Å²) >= 11 is 5.87. The zero-order valence-corrected chi connectivity index (χ0v) is 17.5. The highest BCUT2D eigenvalue weighted by molar-refractivity contribution is 7.89. The molecule has 31 heavy (non-hydrogen) atoms. The van der Waals surface area contributed by atoms with Gasteiger partial charge in [0, 0.05) is 11.1 Å². The Labute approximate surface area is 182 Å². The Morgan fingerprint density at radius 2 is 1.90 bits per heavy atom. The number of nitrogens with zero attached hydrogens (tertiary/aromatic N) is 1. The zero-order chi connectivity index (χ0) is 21.8. The molecule has 0 fully saturated rings. The first-order valence-electron chi connectivity index (χ1n) is 9.04. The Morgan fingerprint density at radius 1 is 1.10 bits per heavy atom. The van der Waals surface area contributed by atoms with Crippen molar-refractivity contribution < 1.29 is 17.6 Å². The summed E-state index contributed by atoms with van der Waals surface area (Å²) in [5, 5.41) is 4.47. The average Bonchev–Trinajstić information content (AvgIpc) is 3.13. The van der Waals surface area contributed by atoms with Crippen LogP contribution in [0.3, 0.4) is 0 Å². The number of H-pyrrole nitrogens is 1. The molecular weight excluding hydrogens is 442 g/mol. The van der Waals surface area contributed by atoms with E-state index in [4.69, 9.17) is 20.8 Å². The van der Waals surface area contributed by atoms with E-state index in [1.54, 1.807) is 36.4 Å². The molecule has 0 saturated heterocycles. The lowest BCUT2D eigenvalue weighted by molar-refractivity contribution is 0.306. The summed E-state index contributed by atoms with van der Waals surface area (Å²) in [6.07, 6.45) is 1.36. The molecule has 1 aromatic heterocycles. The van der Waals surface area contributed by atoms with Gasteiger partial charge in [0.25, 0.3) is 10.0 Å². The van der Waals surface area contributed by atoms with Crippen LogP contribution in [0.5, 0.6) is 5.75 Å². The molecule has 4 rings (SSSR count). The number of halogens is 1. The van der Waals surface area contributed by atoms with Gasteiger partial charge in [0.2, 0.25) is 0 Å². The largest absolute Gasteiger partial charge is 0.489 e. The van der Waals surface area contributed by atoms with Crippen molar-refractivity contribution >= 4 is 38.9 Å². The van der Waals surface area contributed by atoms with Crippen LogP contribution in [0.2, 0.25) is 5.02 Å². The van der Waals surface area contributed by atoms with Gasteiger partial charge in [-0.1, -0.05) is 35.9 Å². The second-order valence-electron chi connectivity index (χ2n) is 6.51. The lowest BCUT2D eigenvalue weighted by atomic mass is 10.2. The van der Waals surface area contributed by atoms with Crippen molar-refractivity contribution in [1.29, 1.82) is 0 Å². The van der Waals surface area contributed by atoms with E-state index in [9.17, 15) is 13.2 Å². The smallest absolute Gasteiger partial charge is 0.417 e. The molecule has 1 heterocycles. The molecule has 8 nitrogen and oxygen atoms in total. The fourth-order valence-corrected chi connectivity index (χ4v) is 3.68. The van der Waals surface area contributed by atoms with Crippen LogP contribution in [0.1, 0.15) is 11.1 Å². The summed E-state index contributed by atoms with van der Waals surface area (Å²) in [5.74, 6) is -0.0524. The van der Waals surface area contributed by atoms with Crippen molar-refractivity contribution in [2.75, 3.05) is 0 Å². The van der Waals surface area contributed by atoms with Crippen LogP contribution in [-0.2, 0) is 16.6 Å².